The molecule has 0 aliphatic heterocycles. The molecule has 13 heavy (non-hydrogen) atoms. The predicted molar refractivity (Wildman–Crippen MR) is 49.1 cm³/mol. The van der Waals surface area contributed by atoms with Gasteiger partial charge in [-0.3, -0.25) is 0 Å². The van der Waals surface area contributed by atoms with Crippen molar-refractivity contribution in [1.82, 2.24) is 0 Å². The first-order chi connectivity index (χ1) is 6.24. The Morgan fingerprint density at radius 2 is 1.92 bits per heavy atom. The molecule has 0 saturated heterocycles. The Balaban J connectivity index is 2.55. The van der Waals surface area contributed by atoms with Crippen molar-refractivity contribution in [2.24, 2.45) is 0 Å². The van der Waals surface area contributed by atoms with E-state index in [0.717, 1.165) is 11.1 Å². The van der Waals surface area contributed by atoms with Crippen molar-refractivity contribution in [3.63, 3.8) is 0 Å². The van der Waals surface area contributed by atoms with Gasteiger partial charge in [0.05, 0.1) is 0 Å². The summed E-state index contributed by atoms with van der Waals surface area (Å²) >= 11 is 0. The van der Waals surface area contributed by atoms with Crippen LogP contribution in [-0.4, -0.2) is 19.0 Å². The first-order valence-corrected chi connectivity index (χ1v) is 4.09. The first kappa shape index (κ1) is 10.2. The smallest absolute Gasteiger partial charge is 0.183 e. The summed E-state index contributed by atoms with van der Waals surface area (Å²) in [4.78, 5) is 0. The van der Waals surface area contributed by atoms with Crippen molar-refractivity contribution >= 4 is 0 Å². The standard InChI is InChI=1S/C10H14O3/c1-8-3-5-9(6-4-8)10(11)13-7-12-2/h3-6,10-11H,7H2,1-2H3. The molecule has 0 aliphatic rings. The van der Waals surface area contributed by atoms with Gasteiger partial charge < -0.3 is 14.6 Å². The summed E-state index contributed by atoms with van der Waals surface area (Å²) in [6.45, 7) is 2.08. The highest BCUT2D eigenvalue weighted by atomic mass is 16.7. The molecule has 0 bridgehead atoms. The lowest BCUT2D eigenvalue weighted by Crippen LogP contribution is -2.05. The number of ether oxygens (including phenoxy) is 2. The molecule has 3 heteroatoms. The highest BCUT2D eigenvalue weighted by molar-refractivity contribution is 5.21. The van der Waals surface area contributed by atoms with E-state index in [1.165, 1.54) is 7.11 Å². The molecule has 0 heterocycles. The Bertz CT molecular complexity index is 243. The van der Waals surface area contributed by atoms with Gasteiger partial charge in [-0.05, 0) is 6.92 Å². The maximum absolute atomic E-state index is 9.44. The molecule has 0 amide bonds. The molecular weight excluding hydrogens is 168 g/mol. The van der Waals surface area contributed by atoms with Crippen LogP contribution in [0.5, 0.6) is 0 Å². The van der Waals surface area contributed by atoms with E-state index in [0.29, 0.717) is 0 Å². The second-order valence-electron chi connectivity index (χ2n) is 2.84. The lowest BCUT2D eigenvalue weighted by Gasteiger charge is -2.11. The van der Waals surface area contributed by atoms with Crippen molar-refractivity contribution < 1.29 is 14.6 Å². The quantitative estimate of drug-likeness (QED) is 0.719. The van der Waals surface area contributed by atoms with E-state index in [1.807, 2.05) is 31.2 Å². The molecule has 0 aliphatic carbocycles. The minimum atomic E-state index is -0.902. The van der Waals surface area contributed by atoms with Crippen LogP contribution in [0.15, 0.2) is 24.3 Å². The maximum atomic E-state index is 9.44. The Morgan fingerprint density at radius 3 is 2.46 bits per heavy atom. The Kier molecular flexibility index (Phi) is 3.89. The molecule has 0 fully saturated rings. The Labute approximate surface area is 77.9 Å². The normalized spacial score (nSPS) is 12.8. The molecule has 1 unspecified atom stereocenters. The number of aliphatic hydroxyl groups is 1. The van der Waals surface area contributed by atoms with Gasteiger partial charge in [0.15, 0.2) is 6.29 Å². The van der Waals surface area contributed by atoms with Gasteiger partial charge in [0, 0.05) is 12.7 Å². The van der Waals surface area contributed by atoms with Crippen LogP contribution in [0.4, 0.5) is 0 Å². The van der Waals surface area contributed by atoms with Gasteiger partial charge in [0.1, 0.15) is 6.79 Å². The average Bonchev–Trinajstić information content (AvgIpc) is 2.15. The van der Waals surface area contributed by atoms with E-state index in [2.05, 4.69) is 4.74 Å². The molecule has 0 radical (unpaired) electrons. The minimum absolute atomic E-state index is 0.0923. The maximum Gasteiger partial charge on any atom is 0.183 e. The zero-order chi connectivity index (χ0) is 9.68. The molecule has 0 aromatic heterocycles. The third-order valence-electron chi connectivity index (χ3n) is 1.71. The van der Waals surface area contributed by atoms with Crippen molar-refractivity contribution in [1.29, 1.82) is 0 Å². The lowest BCUT2D eigenvalue weighted by molar-refractivity contribution is -0.164. The molecule has 1 aromatic rings. The number of hydrogen-bond donors (Lipinski definition) is 1. The molecule has 0 spiro atoms. The number of benzene rings is 1. The molecule has 1 N–H and O–H groups in total. The summed E-state index contributed by atoms with van der Waals surface area (Å²) < 4.78 is 9.63. The highest BCUT2D eigenvalue weighted by Crippen LogP contribution is 2.14. The van der Waals surface area contributed by atoms with Gasteiger partial charge in [-0.25, -0.2) is 0 Å². The highest BCUT2D eigenvalue weighted by Gasteiger charge is 2.05. The van der Waals surface area contributed by atoms with E-state index in [9.17, 15) is 5.11 Å². The van der Waals surface area contributed by atoms with Gasteiger partial charge in [0.2, 0.25) is 0 Å². The molecule has 3 nitrogen and oxygen atoms in total. The Morgan fingerprint density at radius 1 is 1.31 bits per heavy atom. The average molecular weight is 182 g/mol. The fraction of sp³-hybridized carbons (Fsp3) is 0.400. The van der Waals surface area contributed by atoms with Crippen LogP contribution < -0.4 is 0 Å². The molecule has 1 atom stereocenters. The summed E-state index contributed by atoms with van der Waals surface area (Å²) in [5.74, 6) is 0. The second kappa shape index (κ2) is 4.97. The first-order valence-electron chi connectivity index (χ1n) is 4.09. The van der Waals surface area contributed by atoms with E-state index < -0.39 is 6.29 Å². The number of rotatable bonds is 4. The van der Waals surface area contributed by atoms with Crippen LogP contribution >= 0.6 is 0 Å². The largest absolute Gasteiger partial charge is 0.364 e. The fourth-order valence-electron chi connectivity index (χ4n) is 0.960. The number of aliphatic hydroxyl groups excluding tert-OH is 1. The van der Waals surface area contributed by atoms with Crippen LogP contribution in [0.25, 0.3) is 0 Å². The van der Waals surface area contributed by atoms with Gasteiger partial charge in [0.25, 0.3) is 0 Å². The van der Waals surface area contributed by atoms with Crippen molar-refractivity contribution in [3.05, 3.63) is 35.4 Å². The zero-order valence-electron chi connectivity index (χ0n) is 7.86. The monoisotopic (exact) mass is 182 g/mol. The van der Waals surface area contributed by atoms with Crippen molar-refractivity contribution in [2.45, 2.75) is 13.2 Å². The summed E-state index contributed by atoms with van der Waals surface area (Å²) in [5.41, 5.74) is 1.89. The van der Waals surface area contributed by atoms with Crippen molar-refractivity contribution in [2.75, 3.05) is 13.9 Å². The number of aryl methyl sites for hydroxylation is 1. The van der Waals surface area contributed by atoms with Crippen LogP contribution in [0, 0.1) is 6.92 Å². The minimum Gasteiger partial charge on any atom is -0.364 e. The molecule has 1 rings (SSSR count). The van der Waals surface area contributed by atoms with E-state index >= 15 is 0 Å². The Hall–Kier alpha value is -0.900. The van der Waals surface area contributed by atoms with Gasteiger partial charge in [-0.1, -0.05) is 29.8 Å². The van der Waals surface area contributed by atoms with Crippen LogP contribution in [0.2, 0.25) is 0 Å². The van der Waals surface area contributed by atoms with E-state index in [4.69, 9.17) is 4.74 Å². The lowest BCUT2D eigenvalue weighted by atomic mass is 10.1. The predicted octanol–water partition coefficient (Wildman–Crippen LogP) is 1.61. The second-order valence-corrected chi connectivity index (χ2v) is 2.84. The summed E-state index contributed by atoms with van der Waals surface area (Å²) in [5, 5.41) is 9.44. The summed E-state index contributed by atoms with van der Waals surface area (Å²) in [6, 6.07) is 7.51. The van der Waals surface area contributed by atoms with Crippen LogP contribution in [-0.2, 0) is 9.47 Å². The van der Waals surface area contributed by atoms with Crippen molar-refractivity contribution in [3.8, 4) is 0 Å². The third-order valence-corrected chi connectivity index (χ3v) is 1.71. The summed E-state index contributed by atoms with van der Waals surface area (Å²) in [6.07, 6.45) is -0.902. The van der Waals surface area contributed by atoms with Gasteiger partial charge >= 0.3 is 0 Å². The van der Waals surface area contributed by atoms with E-state index in [1.54, 1.807) is 0 Å². The topological polar surface area (TPSA) is 38.7 Å². The third kappa shape index (κ3) is 3.14. The zero-order valence-corrected chi connectivity index (χ0v) is 7.86. The summed E-state index contributed by atoms with van der Waals surface area (Å²) in [7, 11) is 1.52. The van der Waals surface area contributed by atoms with E-state index in [-0.39, 0.29) is 6.79 Å². The van der Waals surface area contributed by atoms with Gasteiger partial charge in [-0.15, -0.1) is 0 Å². The molecule has 72 valence electrons. The molecular formula is C10H14O3. The fourth-order valence-corrected chi connectivity index (χ4v) is 0.960. The van der Waals surface area contributed by atoms with Gasteiger partial charge in [-0.2, -0.15) is 0 Å². The van der Waals surface area contributed by atoms with Crippen LogP contribution in [0.3, 0.4) is 0 Å². The number of hydrogen-bond acceptors (Lipinski definition) is 3. The molecule has 1 aromatic carbocycles. The van der Waals surface area contributed by atoms with Crippen LogP contribution in [0.1, 0.15) is 17.4 Å². The number of methoxy groups -OCH3 is 1. The SMILES string of the molecule is COCOC(O)c1ccc(C)cc1. The molecule has 0 saturated carbocycles.